The highest BCUT2D eigenvalue weighted by atomic mass is 32.2. The van der Waals surface area contributed by atoms with Crippen LogP contribution in [0.15, 0.2) is 70.0 Å². The third kappa shape index (κ3) is 5.77. The van der Waals surface area contributed by atoms with E-state index >= 15 is 0 Å². The Morgan fingerprint density at radius 3 is 2.53 bits per heavy atom. The molecule has 1 heterocycles. The van der Waals surface area contributed by atoms with Crippen LogP contribution < -0.4 is 5.43 Å². The van der Waals surface area contributed by atoms with Crippen molar-refractivity contribution in [2.24, 2.45) is 5.10 Å². The second kappa shape index (κ2) is 8.80. The van der Waals surface area contributed by atoms with Gasteiger partial charge in [0, 0.05) is 23.4 Å². The Hall–Kier alpha value is -2.98. The fourth-order valence-corrected chi connectivity index (χ4v) is 3.77. The molecule has 10 heteroatoms. The molecule has 1 N–H and O–H groups in total. The lowest BCUT2D eigenvalue weighted by Crippen LogP contribution is -2.03. The van der Waals surface area contributed by atoms with Gasteiger partial charge in [0.1, 0.15) is 0 Å². The molecule has 2 aromatic carbocycles. The van der Waals surface area contributed by atoms with Gasteiger partial charge in [-0.05, 0) is 35.9 Å². The number of allylic oxidation sites excluding steroid dienone is 1. The molecule has 1 aromatic heterocycles. The van der Waals surface area contributed by atoms with Crippen LogP contribution in [0.2, 0.25) is 0 Å². The smallest absolute Gasteiger partial charge is 0.253 e. The van der Waals surface area contributed by atoms with E-state index in [1.54, 1.807) is 35.7 Å². The summed E-state index contributed by atoms with van der Waals surface area (Å²) in [5.41, 5.74) is 3.86. The summed E-state index contributed by atoms with van der Waals surface area (Å²) in [6.07, 6.45) is 1.59. The van der Waals surface area contributed by atoms with Gasteiger partial charge >= 0.3 is 6.18 Å². The Morgan fingerprint density at radius 2 is 1.87 bits per heavy atom. The number of anilines is 1. The van der Waals surface area contributed by atoms with Crippen LogP contribution in [-0.4, -0.2) is 25.9 Å². The molecule has 0 aliphatic heterocycles. The zero-order chi connectivity index (χ0) is 21.8. The zero-order valence-electron chi connectivity index (χ0n) is 15.6. The number of sulfone groups is 1. The number of nitrogens with zero attached hydrogens (tertiary/aromatic N) is 2. The number of thiazole rings is 1. The van der Waals surface area contributed by atoms with Gasteiger partial charge in [0.15, 0.2) is 9.84 Å². The van der Waals surface area contributed by atoms with Gasteiger partial charge in [-0.3, -0.25) is 5.43 Å². The predicted octanol–water partition coefficient (Wildman–Crippen LogP) is 5.34. The van der Waals surface area contributed by atoms with E-state index in [1.807, 2.05) is 0 Å². The first kappa shape index (κ1) is 21.7. The van der Waals surface area contributed by atoms with Crippen molar-refractivity contribution in [2.45, 2.75) is 11.1 Å². The van der Waals surface area contributed by atoms with E-state index in [9.17, 15) is 21.6 Å². The molecule has 0 unspecified atom stereocenters. The number of aromatic nitrogens is 1. The van der Waals surface area contributed by atoms with Crippen molar-refractivity contribution >= 4 is 38.6 Å². The van der Waals surface area contributed by atoms with Crippen LogP contribution >= 0.6 is 11.3 Å². The van der Waals surface area contributed by atoms with E-state index in [0.717, 1.165) is 18.4 Å². The lowest BCUT2D eigenvalue weighted by atomic mass is 10.1. The molecule has 0 saturated carbocycles. The first-order valence-corrected chi connectivity index (χ1v) is 11.3. The molecule has 0 aliphatic rings. The second-order valence-electron chi connectivity index (χ2n) is 6.21. The summed E-state index contributed by atoms with van der Waals surface area (Å²) < 4.78 is 61.0. The fourth-order valence-electron chi connectivity index (χ4n) is 2.43. The second-order valence-corrected chi connectivity index (χ2v) is 9.08. The van der Waals surface area contributed by atoms with Gasteiger partial charge in [0.25, 0.3) is 0 Å². The highest BCUT2D eigenvalue weighted by Crippen LogP contribution is 2.31. The number of hydrogen-bond donors (Lipinski definition) is 1. The average molecular weight is 451 g/mol. The molecule has 0 radical (unpaired) electrons. The van der Waals surface area contributed by atoms with Gasteiger partial charge in [-0.15, -0.1) is 11.3 Å². The predicted molar refractivity (Wildman–Crippen MR) is 113 cm³/mol. The molecule has 0 bridgehead atoms. The van der Waals surface area contributed by atoms with Crippen molar-refractivity contribution in [3.05, 3.63) is 71.1 Å². The molecule has 0 atom stereocenters. The minimum Gasteiger partial charge on any atom is -0.253 e. The van der Waals surface area contributed by atoms with Gasteiger partial charge in [-0.25, -0.2) is 13.4 Å². The molecule has 0 fully saturated rings. The van der Waals surface area contributed by atoms with Crippen molar-refractivity contribution in [2.75, 3.05) is 11.7 Å². The van der Waals surface area contributed by atoms with Crippen molar-refractivity contribution in [3.8, 4) is 11.3 Å². The molecule has 30 heavy (non-hydrogen) atoms. The average Bonchev–Trinajstić information content (AvgIpc) is 3.16. The first-order chi connectivity index (χ1) is 14.1. The van der Waals surface area contributed by atoms with E-state index in [1.165, 1.54) is 35.8 Å². The zero-order valence-corrected chi connectivity index (χ0v) is 17.2. The summed E-state index contributed by atoms with van der Waals surface area (Å²) in [5.74, 6) is 0. The van der Waals surface area contributed by atoms with E-state index in [2.05, 4.69) is 15.5 Å². The van der Waals surface area contributed by atoms with Crippen molar-refractivity contribution in [1.29, 1.82) is 0 Å². The Kier molecular flexibility index (Phi) is 6.37. The molecule has 5 nitrogen and oxygen atoms in total. The summed E-state index contributed by atoms with van der Waals surface area (Å²) in [6.45, 7) is 0. The van der Waals surface area contributed by atoms with Gasteiger partial charge in [-0.1, -0.05) is 30.3 Å². The fraction of sp³-hybridized carbons (Fsp3) is 0.100. The number of hydrazone groups is 1. The highest BCUT2D eigenvalue weighted by Gasteiger charge is 2.30. The Balaban J connectivity index is 1.60. The van der Waals surface area contributed by atoms with Gasteiger partial charge in [0.05, 0.1) is 16.2 Å². The molecular weight excluding hydrogens is 435 g/mol. The normalized spacial score (nSPS) is 12.7. The van der Waals surface area contributed by atoms with Gasteiger partial charge in [-0.2, -0.15) is 18.3 Å². The minimum atomic E-state index is -4.37. The molecule has 3 aromatic rings. The van der Waals surface area contributed by atoms with Crippen LogP contribution in [0, 0.1) is 0 Å². The lowest BCUT2D eigenvalue weighted by molar-refractivity contribution is -0.137. The lowest BCUT2D eigenvalue weighted by Gasteiger charge is -2.06. The summed E-state index contributed by atoms with van der Waals surface area (Å²) in [4.78, 5) is 4.52. The van der Waals surface area contributed by atoms with Gasteiger partial charge < -0.3 is 0 Å². The molecule has 156 valence electrons. The molecule has 0 aliphatic carbocycles. The molecular formula is C20H16F3N3O2S2. The highest BCUT2D eigenvalue weighted by molar-refractivity contribution is 7.90. The van der Waals surface area contributed by atoms with Crippen molar-refractivity contribution in [1.82, 2.24) is 4.98 Å². The summed E-state index contributed by atoms with van der Waals surface area (Å²) >= 11 is 1.26. The number of hydrogen-bond acceptors (Lipinski definition) is 6. The van der Waals surface area contributed by atoms with E-state index in [0.29, 0.717) is 22.0 Å². The quantitative estimate of drug-likeness (QED) is 0.405. The monoisotopic (exact) mass is 451 g/mol. The van der Waals surface area contributed by atoms with Crippen LogP contribution in [0.25, 0.3) is 17.3 Å². The maximum absolute atomic E-state index is 12.6. The number of benzene rings is 2. The minimum absolute atomic E-state index is 0.235. The number of nitrogens with one attached hydrogen (secondary N) is 1. The largest absolute Gasteiger partial charge is 0.416 e. The van der Waals surface area contributed by atoms with Crippen molar-refractivity contribution < 1.29 is 21.6 Å². The van der Waals surface area contributed by atoms with Crippen LogP contribution in [0.3, 0.4) is 0 Å². The third-order valence-corrected chi connectivity index (χ3v) is 5.77. The molecule has 0 spiro atoms. The number of alkyl halides is 3. The summed E-state index contributed by atoms with van der Waals surface area (Å²) in [6, 6.07) is 11.3. The summed E-state index contributed by atoms with van der Waals surface area (Å²) in [5, 5.41) is 6.20. The molecule has 3 rings (SSSR count). The van der Waals surface area contributed by atoms with E-state index in [4.69, 9.17) is 0 Å². The van der Waals surface area contributed by atoms with Crippen LogP contribution in [0.4, 0.5) is 18.3 Å². The number of halogens is 3. The maximum atomic E-state index is 12.6. The summed E-state index contributed by atoms with van der Waals surface area (Å²) in [7, 11) is -3.27. The van der Waals surface area contributed by atoms with Gasteiger partial charge in [0.2, 0.25) is 5.13 Å². The maximum Gasteiger partial charge on any atom is 0.416 e. The SMILES string of the molecule is CS(=O)(=O)c1cccc(/C=C/C=N/Nc2nc(-c3ccc(C(F)(F)F)cc3)cs2)c1. The Labute approximate surface area is 175 Å². The third-order valence-electron chi connectivity index (χ3n) is 3.91. The number of rotatable bonds is 6. The van der Waals surface area contributed by atoms with Crippen LogP contribution in [-0.2, 0) is 16.0 Å². The van der Waals surface area contributed by atoms with Crippen LogP contribution in [0.1, 0.15) is 11.1 Å². The molecule has 0 saturated heterocycles. The van der Waals surface area contributed by atoms with E-state index in [-0.39, 0.29) is 4.90 Å². The topological polar surface area (TPSA) is 71.4 Å². The first-order valence-electron chi connectivity index (χ1n) is 8.52. The van der Waals surface area contributed by atoms with E-state index < -0.39 is 21.6 Å². The standard InChI is InChI=1S/C20H16F3N3O2S2/c1-30(27,28)17-6-2-4-14(12-17)5-3-11-24-26-19-25-18(13-29-19)15-7-9-16(10-8-15)20(21,22)23/h2-13H,1H3,(H,25,26)/b5-3+,24-11+. The van der Waals surface area contributed by atoms with Crippen molar-refractivity contribution in [3.63, 3.8) is 0 Å². The Morgan fingerprint density at radius 1 is 1.13 bits per heavy atom. The Bertz CT molecular complexity index is 1180. The molecule has 0 amide bonds. The van der Waals surface area contributed by atoms with Crippen LogP contribution in [0.5, 0.6) is 0 Å².